The van der Waals surface area contributed by atoms with Gasteiger partial charge in [-0.1, -0.05) is 12.1 Å². The third-order valence-electron chi connectivity index (χ3n) is 4.48. The molecular weight excluding hydrogens is 346 g/mol. The molecule has 3 rings (SSSR count). The third kappa shape index (κ3) is 3.67. The molecule has 0 atom stereocenters. The second-order valence-corrected chi connectivity index (χ2v) is 6.03. The van der Waals surface area contributed by atoms with Crippen LogP contribution in [0.3, 0.4) is 0 Å². The first-order valence-corrected chi connectivity index (χ1v) is 8.79. The Bertz CT molecular complexity index is 1020. The van der Waals surface area contributed by atoms with Gasteiger partial charge in [-0.2, -0.15) is 0 Å². The first-order valence-electron chi connectivity index (χ1n) is 8.79. The molecule has 1 N–H and O–H groups in total. The van der Waals surface area contributed by atoms with Crippen LogP contribution in [0.5, 0.6) is 11.5 Å². The summed E-state index contributed by atoms with van der Waals surface area (Å²) in [6.45, 7) is 2.81. The van der Waals surface area contributed by atoms with Gasteiger partial charge < -0.3 is 14.8 Å². The molecular formula is C20H23N3O4. The largest absolute Gasteiger partial charge is 0.497 e. The van der Waals surface area contributed by atoms with Gasteiger partial charge in [0, 0.05) is 25.6 Å². The lowest BCUT2D eigenvalue weighted by molar-refractivity contribution is -0.116. The fraction of sp³-hybridized carbons (Fsp3) is 0.300. The number of ether oxygens (including phenoxy) is 2. The molecule has 1 aromatic heterocycles. The van der Waals surface area contributed by atoms with Crippen LogP contribution in [0.2, 0.25) is 0 Å². The van der Waals surface area contributed by atoms with E-state index in [2.05, 4.69) is 5.32 Å². The van der Waals surface area contributed by atoms with Gasteiger partial charge in [0.25, 0.3) is 0 Å². The number of rotatable bonds is 7. The summed E-state index contributed by atoms with van der Waals surface area (Å²) in [5.41, 5.74) is 2.13. The normalized spacial score (nSPS) is 10.8. The molecule has 0 saturated carbocycles. The Morgan fingerprint density at radius 3 is 2.37 bits per heavy atom. The van der Waals surface area contributed by atoms with Crippen molar-refractivity contribution in [3.8, 4) is 11.5 Å². The topological polar surface area (TPSA) is 74.5 Å². The summed E-state index contributed by atoms with van der Waals surface area (Å²) in [6.07, 6.45) is 0.165. The Morgan fingerprint density at radius 1 is 1.04 bits per heavy atom. The van der Waals surface area contributed by atoms with Gasteiger partial charge in [0.1, 0.15) is 11.5 Å². The van der Waals surface area contributed by atoms with Gasteiger partial charge in [0.2, 0.25) is 5.91 Å². The molecule has 0 saturated heterocycles. The lowest BCUT2D eigenvalue weighted by atomic mass is 10.2. The summed E-state index contributed by atoms with van der Waals surface area (Å²) in [4.78, 5) is 25.1. The molecule has 0 aliphatic rings. The van der Waals surface area contributed by atoms with Crippen molar-refractivity contribution in [2.75, 3.05) is 19.5 Å². The van der Waals surface area contributed by atoms with E-state index < -0.39 is 0 Å². The van der Waals surface area contributed by atoms with Crippen molar-refractivity contribution in [2.24, 2.45) is 0 Å². The first kappa shape index (κ1) is 18.6. The van der Waals surface area contributed by atoms with E-state index in [-0.39, 0.29) is 18.0 Å². The SMILES string of the molecule is CCn1c(=O)n(CCC(=O)Nc2cc(OC)ccc2OC)c2ccccc21. The van der Waals surface area contributed by atoms with E-state index in [1.165, 1.54) is 7.11 Å². The number of amides is 1. The maximum absolute atomic E-state index is 12.6. The Hall–Kier alpha value is -3.22. The molecule has 0 aliphatic heterocycles. The van der Waals surface area contributed by atoms with Crippen LogP contribution in [0.25, 0.3) is 11.0 Å². The molecule has 3 aromatic rings. The number of nitrogens with zero attached hydrogens (tertiary/aromatic N) is 2. The van der Waals surface area contributed by atoms with Gasteiger partial charge >= 0.3 is 5.69 Å². The van der Waals surface area contributed by atoms with Crippen molar-refractivity contribution >= 4 is 22.6 Å². The number of methoxy groups -OCH3 is 2. The average Bonchev–Trinajstić information content (AvgIpc) is 2.96. The quantitative estimate of drug-likeness (QED) is 0.695. The van der Waals surface area contributed by atoms with Crippen LogP contribution < -0.4 is 20.5 Å². The zero-order valence-corrected chi connectivity index (χ0v) is 15.7. The molecule has 27 heavy (non-hydrogen) atoms. The van der Waals surface area contributed by atoms with Crippen LogP contribution >= 0.6 is 0 Å². The highest BCUT2D eigenvalue weighted by Gasteiger charge is 2.14. The summed E-state index contributed by atoms with van der Waals surface area (Å²) in [6, 6.07) is 12.8. The Morgan fingerprint density at radius 2 is 1.74 bits per heavy atom. The van der Waals surface area contributed by atoms with Crippen LogP contribution in [-0.2, 0) is 17.9 Å². The van der Waals surface area contributed by atoms with E-state index in [1.54, 1.807) is 34.4 Å². The molecule has 7 nitrogen and oxygen atoms in total. The molecule has 0 bridgehead atoms. The number of hydrogen-bond donors (Lipinski definition) is 1. The number of carbonyl (C=O) groups excluding carboxylic acids is 1. The molecule has 0 spiro atoms. The van der Waals surface area contributed by atoms with Crippen LogP contribution in [0.1, 0.15) is 13.3 Å². The number of carbonyl (C=O) groups is 1. The third-order valence-corrected chi connectivity index (χ3v) is 4.48. The predicted octanol–water partition coefficient (Wildman–Crippen LogP) is 2.87. The van der Waals surface area contributed by atoms with Crippen LogP contribution in [0.15, 0.2) is 47.3 Å². The zero-order chi connectivity index (χ0) is 19.4. The Labute approximate surface area is 157 Å². The van der Waals surface area contributed by atoms with Gasteiger partial charge in [0.15, 0.2) is 0 Å². The smallest absolute Gasteiger partial charge is 0.329 e. The van der Waals surface area contributed by atoms with Crippen LogP contribution in [-0.4, -0.2) is 29.3 Å². The van der Waals surface area contributed by atoms with E-state index in [0.29, 0.717) is 30.3 Å². The van der Waals surface area contributed by atoms with Crippen molar-refractivity contribution in [2.45, 2.75) is 26.4 Å². The second-order valence-electron chi connectivity index (χ2n) is 6.03. The van der Waals surface area contributed by atoms with Gasteiger partial charge in [-0.3, -0.25) is 13.9 Å². The molecule has 1 heterocycles. The summed E-state index contributed by atoms with van der Waals surface area (Å²) in [7, 11) is 3.10. The number of aryl methyl sites for hydroxylation is 2. The molecule has 142 valence electrons. The molecule has 0 aliphatic carbocycles. The highest BCUT2D eigenvalue weighted by atomic mass is 16.5. The molecule has 0 radical (unpaired) electrons. The van der Waals surface area contributed by atoms with Gasteiger partial charge in [-0.05, 0) is 31.2 Å². The first-order chi connectivity index (χ1) is 13.1. The Kier molecular flexibility index (Phi) is 5.49. The Balaban J connectivity index is 1.78. The fourth-order valence-corrected chi connectivity index (χ4v) is 3.13. The van der Waals surface area contributed by atoms with Crippen molar-refractivity contribution in [3.05, 3.63) is 52.9 Å². The van der Waals surface area contributed by atoms with Gasteiger partial charge in [0.05, 0.1) is 30.9 Å². The minimum atomic E-state index is -0.207. The number of hydrogen-bond acceptors (Lipinski definition) is 4. The second kappa shape index (κ2) is 7.99. The summed E-state index contributed by atoms with van der Waals surface area (Å²) < 4.78 is 13.8. The number of imidazole rings is 1. The number of fused-ring (bicyclic) bond motifs is 1. The van der Waals surface area contributed by atoms with E-state index in [4.69, 9.17) is 9.47 Å². The fourth-order valence-electron chi connectivity index (χ4n) is 3.13. The lowest BCUT2D eigenvalue weighted by Gasteiger charge is -2.12. The lowest BCUT2D eigenvalue weighted by Crippen LogP contribution is -2.25. The summed E-state index contributed by atoms with van der Waals surface area (Å²) in [5.74, 6) is 0.957. The molecule has 0 fully saturated rings. The average molecular weight is 369 g/mol. The number of anilines is 1. The molecule has 7 heteroatoms. The van der Waals surface area contributed by atoms with Gasteiger partial charge in [-0.15, -0.1) is 0 Å². The van der Waals surface area contributed by atoms with Gasteiger partial charge in [-0.25, -0.2) is 4.79 Å². The van der Waals surface area contributed by atoms with Crippen LogP contribution in [0.4, 0.5) is 5.69 Å². The van der Waals surface area contributed by atoms with E-state index in [1.807, 2.05) is 31.2 Å². The van der Waals surface area contributed by atoms with Crippen molar-refractivity contribution < 1.29 is 14.3 Å². The van der Waals surface area contributed by atoms with E-state index >= 15 is 0 Å². The molecule has 1 amide bonds. The molecule has 2 aromatic carbocycles. The zero-order valence-electron chi connectivity index (χ0n) is 15.7. The van der Waals surface area contributed by atoms with Crippen molar-refractivity contribution in [1.82, 2.24) is 9.13 Å². The highest BCUT2D eigenvalue weighted by Crippen LogP contribution is 2.29. The maximum atomic E-state index is 12.6. The number of benzene rings is 2. The monoisotopic (exact) mass is 369 g/mol. The summed E-state index contributed by atoms with van der Waals surface area (Å²) >= 11 is 0. The predicted molar refractivity (Wildman–Crippen MR) is 105 cm³/mol. The molecule has 0 unspecified atom stereocenters. The number of para-hydroxylation sites is 2. The van der Waals surface area contributed by atoms with Crippen molar-refractivity contribution in [3.63, 3.8) is 0 Å². The minimum Gasteiger partial charge on any atom is -0.497 e. The van der Waals surface area contributed by atoms with E-state index in [9.17, 15) is 9.59 Å². The maximum Gasteiger partial charge on any atom is 0.329 e. The minimum absolute atomic E-state index is 0.106. The number of aromatic nitrogens is 2. The standard InChI is InChI=1S/C20H23N3O4/c1-4-22-16-7-5-6-8-17(16)23(20(22)25)12-11-19(24)21-15-13-14(26-2)9-10-18(15)27-3/h5-10,13H,4,11-12H2,1-3H3,(H,21,24). The van der Waals surface area contributed by atoms with Crippen LogP contribution in [0, 0.1) is 0 Å². The summed E-state index contributed by atoms with van der Waals surface area (Å²) in [5, 5.41) is 2.83. The number of nitrogens with one attached hydrogen (secondary N) is 1. The highest BCUT2D eigenvalue weighted by molar-refractivity contribution is 5.92. The van der Waals surface area contributed by atoms with E-state index in [0.717, 1.165) is 11.0 Å². The van der Waals surface area contributed by atoms with Crippen molar-refractivity contribution in [1.29, 1.82) is 0 Å².